The summed E-state index contributed by atoms with van der Waals surface area (Å²) in [5.41, 5.74) is 1.34. The molecule has 96 valence electrons. The molecule has 7 heteroatoms. The van der Waals surface area contributed by atoms with Crippen LogP contribution in [0.1, 0.15) is 5.56 Å². The zero-order valence-electron chi connectivity index (χ0n) is 9.88. The zero-order valence-corrected chi connectivity index (χ0v) is 11.5. The lowest BCUT2D eigenvalue weighted by molar-refractivity contribution is 0.598. The lowest BCUT2D eigenvalue weighted by atomic mass is 10.2. The van der Waals surface area contributed by atoms with Gasteiger partial charge in [0, 0.05) is 7.05 Å². The van der Waals surface area contributed by atoms with Crippen LogP contribution < -0.4 is 4.72 Å². The smallest absolute Gasteiger partial charge is 0.282 e. The Hall–Kier alpha value is -1.53. The van der Waals surface area contributed by atoms with Crippen molar-refractivity contribution in [1.29, 1.82) is 0 Å². The number of hydrogen-bond donors (Lipinski definition) is 1. The number of sulfonamides is 1. The van der Waals surface area contributed by atoms with Gasteiger partial charge in [-0.15, -0.1) is 0 Å². The molecule has 2 rings (SSSR count). The van der Waals surface area contributed by atoms with E-state index in [1.54, 1.807) is 19.2 Å². The molecule has 0 fully saturated rings. The normalized spacial score (nSPS) is 11.5. The molecule has 0 aliphatic carbocycles. The van der Waals surface area contributed by atoms with Crippen molar-refractivity contribution in [2.24, 2.45) is 7.05 Å². The van der Waals surface area contributed by atoms with Crippen LogP contribution in [-0.4, -0.2) is 18.0 Å². The van der Waals surface area contributed by atoms with Crippen molar-refractivity contribution in [3.8, 4) is 0 Å². The van der Waals surface area contributed by atoms with E-state index in [2.05, 4.69) is 9.71 Å². The van der Waals surface area contributed by atoms with Crippen LogP contribution in [-0.2, 0) is 17.1 Å². The van der Waals surface area contributed by atoms with Gasteiger partial charge in [-0.1, -0.05) is 29.8 Å². The van der Waals surface area contributed by atoms with Crippen molar-refractivity contribution >= 4 is 27.3 Å². The molecule has 5 nitrogen and oxygen atoms in total. The van der Waals surface area contributed by atoms with E-state index in [-0.39, 0.29) is 10.2 Å². The highest BCUT2D eigenvalue weighted by atomic mass is 35.5. The molecule has 0 atom stereocenters. The summed E-state index contributed by atoms with van der Waals surface area (Å²) in [6.07, 6.45) is 1.36. The summed E-state index contributed by atoms with van der Waals surface area (Å²) >= 11 is 5.88. The number of hydrogen-bond acceptors (Lipinski definition) is 3. The van der Waals surface area contributed by atoms with Gasteiger partial charge in [0.1, 0.15) is 5.15 Å². The van der Waals surface area contributed by atoms with Crippen LogP contribution in [0.5, 0.6) is 0 Å². The Kier molecular flexibility index (Phi) is 3.32. The Balaban J connectivity index is 2.40. The second-order valence-electron chi connectivity index (χ2n) is 3.87. The molecule has 0 saturated carbocycles. The average Bonchev–Trinajstić information content (AvgIpc) is 2.63. The number of anilines is 1. The highest BCUT2D eigenvalue weighted by molar-refractivity contribution is 7.92. The highest BCUT2D eigenvalue weighted by Gasteiger charge is 2.22. The molecule has 18 heavy (non-hydrogen) atoms. The first-order valence-electron chi connectivity index (χ1n) is 5.17. The SMILES string of the molecule is Cc1ccccc1NS(=O)(=O)c1ncn(C)c1Cl. The average molecular weight is 286 g/mol. The monoisotopic (exact) mass is 285 g/mol. The summed E-state index contributed by atoms with van der Waals surface area (Å²) in [7, 11) is -2.13. The lowest BCUT2D eigenvalue weighted by Gasteiger charge is -2.08. The molecule has 1 N–H and O–H groups in total. The van der Waals surface area contributed by atoms with E-state index in [4.69, 9.17) is 11.6 Å². The van der Waals surface area contributed by atoms with Gasteiger partial charge in [-0.05, 0) is 18.6 Å². The highest BCUT2D eigenvalue weighted by Crippen LogP contribution is 2.23. The third-order valence-electron chi connectivity index (χ3n) is 2.48. The van der Waals surface area contributed by atoms with E-state index in [0.717, 1.165) is 5.56 Å². The lowest BCUT2D eigenvalue weighted by Crippen LogP contribution is -2.14. The van der Waals surface area contributed by atoms with Crippen LogP contribution in [0.15, 0.2) is 35.6 Å². The van der Waals surface area contributed by atoms with Gasteiger partial charge in [0.05, 0.1) is 12.0 Å². The van der Waals surface area contributed by atoms with Crippen LogP contribution in [0.25, 0.3) is 0 Å². The van der Waals surface area contributed by atoms with E-state index in [1.165, 1.54) is 10.9 Å². The number of benzene rings is 1. The van der Waals surface area contributed by atoms with Crippen LogP contribution in [0, 0.1) is 6.92 Å². The van der Waals surface area contributed by atoms with Gasteiger partial charge in [0.25, 0.3) is 10.0 Å². The number of nitrogens with one attached hydrogen (secondary N) is 1. The molecule has 0 aliphatic rings. The second-order valence-corrected chi connectivity index (χ2v) is 5.83. The van der Waals surface area contributed by atoms with E-state index >= 15 is 0 Å². The first kappa shape index (κ1) is 12.9. The minimum Gasteiger partial charge on any atom is -0.324 e. The molecule has 1 aromatic carbocycles. The predicted octanol–water partition coefficient (Wildman–Crippen LogP) is 2.18. The van der Waals surface area contributed by atoms with Crippen molar-refractivity contribution in [2.45, 2.75) is 11.9 Å². The van der Waals surface area contributed by atoms with Crippen molar-refractivity contribution in [1.82, 2.24) is 9.55 Å². The van der Waals surface area contributed by atoms with Crippen molar-refractivity contribution in [3.05, 3.63) is 41.3 Å². The quantitative estimate of drug-likeness (QED) is 0.940. The van der Waals surface area contributed by atoms with Crippen LogP contribution in [0.3, 0.4) is 0 Å². The Morgan fingerprint density at radius 1 is 1.33 bits per heavy atom. The number of imidazole rings is 1. The molecular formula is C11H12ClN3O2S. The molecule has 2 aromatic rings. The third kappa shape index (κ3) is 2.34. The fourth-order valence-corrected chi connectivity index (χ4v) is 3.02. The molecule has 1 aromatic heterocycles. The maximum absolute atomic E-state index is 12.1. The van der Waals surface area contributed by atoms with Gasteiger partial charge in [0.15, 0.2) is 0 Å². The number of halogens is 1. The van der Waals surface area contributed by atoms with E-state index in [0.29, 0.717) is 5.69 Å². The van der Waals surface area contributed by atoms with E-state index in [9.17, 15) is 8.42 Å². The number of aryl methyl sites for hydroxylation is 2. The van der Waals surface area contributed by atoms with Gasteiger partial charge >= 0.3 is 0 Å². The fraction of sp³-hybridized carbons (Fsp3) is 0.182. The number of aromatic nitrogens is 2. The Morgan fingerprint density at radius 3 is 2.56 bits per heavy atom. The van der Waals surface area contributed by atoms with Crippen molar-refractivity contribution in [2.75, 3.05) is 4.72 Å². The van der Waals surface area contributed by atoms with Gasteiger partial charge in [-0.2, -0.15) is 8.42 Å². The van der Waals surface area contributed by atoms with Gasteiger partial charge < -0.3 is 4.57 Å². The molecule has 0 aliphatic heterocycles. The Labute approximate surface area is 110 Å². The predicted molar refractivity (Wildman–Crippen MR) is 70.2 cm³/mol. The van der Waals surface area contributed by atoms with E-state index in [1.807, 2.05) is 19.1 Å². The summed E-state index contributed by atoms with van der Waals surface area (Å²) in [6.45, 7) is 1.82. The molecule has 0 unspecified atom stereocenters. The minimum absolute atomic E-state index is 0.0797. The fourth-order valence-electron chi connectivity index (χ4n) is 1.45. The molecule has 0 radical (unpaired) electrons. The second kappa shape index (κ2) is 4.62. The summed E-state index contributed by atoms with van der Waals surface area (Å²) in [6, 6.07) is 7.09. The van der Waals surface area contributed by atoms with Gasteiger partial charge in [-0.25, -0.2) is 4.98 Å². The van der Waals surface area contributed by atoms with E-state index < -0.39 is 10.0 Å². The minimum atomic E-state index is -3.76. The molecule has 0 amide bonds. The van der Waals surface area contributed by atoms with Gasteiger partial charge in [-0.3, -0.25) is 4.72 Å². The largest absolute Gasteiger partial charge is 0.324 e. The topological polar surface area (TPSA) is 64.0 Å². The maximum Gasteiger partial charge on any atom is 0.282 e. The van der Waals surface area contributed by atoms with Crippen molar-refractivity contribution < 1.29 is 8.42 Å². The molecule has 0 saturated heterocycles. The zero-order chi connectivity index (χ0) is 13.3. The summed E-state index contributed by atoms with van der Waals surface area (Å²) in [5, 5.41) is -0.0917. The van der Waals surface area contributed by atoms with Crippen LogP contribution in [0.2, 0.25) is 5.15 Å². The summed E-state index contributed by atoms with van der Waals surface area (Å²) in [4.78, 5) is 3.79. The summed E-state index contributed by atoms with van der Waals surface area (Å²) < 4.78 is 28.1. The Morgan fingerprint density at radius 2 is 2.00 bits per heavy atom. The van der Waals surface area contributed by atoms with Crippen molar-refractivity contribution in [3.63, 3.8) is 0 Å². The first-order valence-corrected chi connectivity index (χ1v) is 7.03. The van der Waals surface area contributed by atoms with Crippen LogP contribution >= 0.6 is 11.6 Å². The Bertz CT molecular complexity index is 679. The number of para-hydroxylation sites is 1. The van der Waals surface area contributed by atoms with Gasteiger partial charge in [0.2, 0.25) is 5.03 Å². The number of nitrogens with zero attached hydrogens (tertiary/aromatic N) is 2. The molecule has 0 bridgehead atoms. The third-order valence-corrected chi connectivity index (χ3v) is 4.33. The van der Waals surface area contributed by atoms with Crippen LogP contribution in [0.4, 0.5) is 5.69 Å². The number of rotatable bonds is 3. The molecular weight excluding hydrogens is 274 g/mol. The maximum atomic E-state index is 12.1. The first-order chi connectivity index (χ1) is 8.42. The summed E-state index contributed by atoms with van der Waals surface area (Å²) in [5.74, 6) is 0. The molecule has 1 heterocycles. The standard InChI is InChI=1S/C11H12ClN3O2S/c1-8-5-3-4-6-9(8)14-18(16,17)11-10(12)15(2)7-13-11/h3-7,14H,1-2H3. The molecule has 0 spiro atoms.